The van der Waals surface area contributed by atoms with Crippen LogP contribution in [0.1, 0.15) is 37.8 Å². The minimum atomic E-state index is 0.00463. The largest absolute Gasteiger partial charge is 0.443 e. The van der Waals surface area contributed by atoms with E-state index in [1.807, 2.05) is 6.07 Å². The average Bonchev–Trinajstić information content (AvgIpc) is 3.05. The quantitative estimate of drug-likeness (QED) is 0.866. The maximum atomic E-state index is 9.70. The molecule has 0 unspecified atom stereocenters. The van der Waals surface area contributed by atoms with Crippen LogP contribution in [0.25, 0.3) is 16.7 Å². The highest BCUT2D eigenvalue weighted by atomic mass is 16.3. The van der Waals surface area contributed by atoms with Crippen LogP contribution >= 0.6 is 0 Å². The number of carbonyl (C=O) groups is 1. The maximum absolute atomic E-state index is 9.70. The molecule has 1 aliphatic rings. The van der Waals surface area contributed by atoms with Crippen LogP contribution in [0.2, 0.25) is 0 Å². The van der Waals surface area contributed by atoms with Gasteiger partial charge < -0.3 is 9.73 Å². The Bertz CT molecular complexity index is 641. The van der Waals surface area contributed by atoms with Crippen molar-refractivity contribution in [3.05, 3.63) is 35.7 Å². The number of aryl methyl sites for hydroxylation is 1. The number of aromatic nitrogens is 1. The Balaban J connectivity index is 0.000000257. The van der Waals surface area contributed by atoms with Gasteiger partial charge in [-0.15, -0.1) is 0 Å². The lowest BCUT2D eigenvalue weighted by Crippen LogP contribution is -2.11. The highest BCUT2D eigenvalue weighted by Gasteiger charge is 2.20. The molecule has 0 atom stereocenters. The molecular weight excluding hydrogens is 252 g/mol. The van der Waals surface area contributed by atoms with Crippen LogP contribution in [-0.2, 0) is 11.2 Å². The molecule has 3 rings (SSSR count). The van der Waals surface area contributed by atoms with E-state index in [-0.39, 0.29) is 5.91 Å². The number of amides is 1. The molecular formula is C16H20N2O2. The number of benzene rings is 1. The summed E-state index contributed by atoms with van der Waals surface area (Å²) in [5.41, 5.74) is 6.06. The van der Waals surface area contributed by atoms with Crippen LogP contribution in [-0.4, -0.2) is 17.9 Å². The molecule has 0 aliphatic heterocycles. The number of fused-ring (bicyclic) bond motifs is 3. The zero-order valence-corrected chi connectivity index (χ0v) is 12.2. The first-order valence-electron chi connectivity index (χ1n) is 6.90. The zero-order valence-electron chi connectivity index (χ0n) is 12.2. The van der Waals surface area contributed by atoms with E-state index in [1.54, 1.807) is 7.05 Å². The molecule has 0 fully saturated rings. The van der Waals surface area contributed by atoms with Gasteiger partial charge in [0.25, 0.3) is 0 Å². The molecule has 1 heterocycles. The first-order valence-corrected chi connectivity index (χ1v) is 6.90. The number of hydrogen-bond acceptors (Lipinski definition) is 3. The number of allylic oxidation sites excluding steroid dienone is 2. The van der Waals surface area contributed by atoms with Gasteiger partial charge in [-0.05, 0) is 36.5 Å². The second-order valence-corrected chi connectivity index (χ2v) is 4.74. The van der Waals surface area contributed by atoms with Crippen LogP contribution in [0.3, 0.4) is 0 Å². The summed E-state index contributed by atoms with van der Waals surface area (Å²) in [5.74, 6) is 0.00463. The molecule has 0 saturated carbocycles. The fourth-order valence-electron chi connectivity index (χ4n) is 2.37. The fourth-order valence-corrected chi connectivity index (χ4v) is 2.37. The zero-order chi connectivity index (χ0) is 14.5. The predicted molar refractivity (Wildman–Crippen MR) is 80.3 cm³/mol. The van der Waals surface area contributed by atoms with Gasteiger partial charge in [0.15, 0.2) is 12.0 Å². The summed E-state index contributed by atoms with van der Waals surface area (Å²) < 4.78 is 5.49. The molecule has 1 aromatic carbocycles. The van der Waals surface area contributed by atoms with E-state index < -0.39 is 0 Å². The van der Waals surface area contributed by atoms with Gasteiger partial charge in [-0.1, -0.05) is 19.1 Å². The van der Waals surface area contributed by atoms with Crippen LogP contribution < -0.4 is 5.32 Å². The molecule has 0 spiro atoms. The Labute approximate surface area is 118 Å². The van der Waals surface area contributed by atoms with E-state index in [0.717, 1.165) is 30.4 Å². The second kappa shape index (κ2) is 6.37. The maximum Gasteiger partial charge on any atom is 0.216 e. The van der Waals surface area contributed by atoms with Crippen molar-refractivity contribution in [2.45, 2.75) is 33.1 Å². The average molecular weight is 272 g/mol. The van der Waals surface area contributed by atoms with E-state index in [0.29, 0.717) is 0 Å². The van der Waals surface area contributed by atoms with E-state index in [4.69, 9.17) is 4.42 Å². The Morgan fingerprint density at radius 3 is 2.85 bits per heavy atom. The van der Waals surface area contributed by atoms with E-state index in [9.17, 15) is 4.79 Å². The van der Waals surface area contributed by atoms with Crippen LogP contribution in [0.4, 0.5) is 0 Å². The molecule has 1 N–H and O–H groups in total. The van der Waals surface area contributed by atoms with Gasteiger partial charge in [0.05, 0.1) is 0 Å². The molecule has 20 heavy (non-hydrogen) atoms. The van der Waals surface area contributed by atoms with Crippen molar-refractivity contribution in [2.75, 3.05) is 7.05 Å². The van der Waals surface area contributed by atoms with Gasteiger partial charge in [0.2, 0.25) is 5.91 Å². The Hall–Kier alpha value is -2.10. The lowest BCUT2D eigenvalue weighted by Gasteiger charge is -2.00. The Morgan fingerprint density at radius 2 is 2.20 bits per heavy atom. The summed E-state index contributed by atoms with van der Waals surface area (Å²) in [6.45, 7) is 3.64. The minimum Gasteiger partial charge on any atom is -0.443 e. The summed E-state index contributed by atoms with van der Waals surface area (Å²) in [6.07, 6.45) is 7.20. The SMILES string of the molecule is CC/C=C1\CCc2ccc3ncoc3c21.CNC(C)=O. The standard InChI is InChI=1S/C13H13NO.C3H7NO/c1-2-3-9-4-5-10-6-7-11-13(12(9)10)15-8-14-11;1-3(5)4-2/h3,6-8H,2,4-5H2,1H3;1-2H3,(H,4,5)/b9-3+;. The monoisotopic (exact) mass is 272 g/mol. The van der Waals surface area contributed by atoms with Gasteiger partial charge in [-0.2, -0.15) is 0 Å². The third kappa shape index (κ3) is 2.90. The van der Waals surface area contributed by atoms with Gasteiger partial charge in [-0.25, -0.2) is 4.98 Å². The summed E-state index contributed by atoms with van der Waals surface area (Å²) in [5, 5.41) is 2.39. The molecule has 1 aromatic heterocycles. The van der Waals surface area contributed by atoms with E-state index >= 15 is 0 Å². The first-order chi connectivity index (χ1) is 9.67. The number of nitrogens with one attached hydrogen (secondary N) is 1. The lowest BCUT2D eigenvalue weighted by atomic mass is 10.1. The van der Waals surface area contributed by atoms with Crippen molar-refractivity contribution in [2.24, 2.45) is 0 Å². The summed E-state index contributed by atoms with van der Waals surface area (Å²) >= 11 is 0. The van der Waals surface area contributed by atoms with Crippen LogP contribution in [0.15, 0.2) is 29.0 Å². The molecule has 4 heteroatoms. The first kappa shape index (κ1) is 14.3. The molecule has 106 valence electrons. The van der Waals surface area contributed by atoms with E-state index in [2.05, 4.69) is 29.4 Å². The summed E-state index contributed by atoms with van der Waals surface area (Å²) in [7, 11) is 1.60. The number of carbonyl (C=O) groups excluding carboxylic acids is 1. The highest BCUT2D eigenvalue weighted by Crippen LogP contribution is 2.37. The van der Waals surface area contributed by atoms with Gasteiger partial charge >= 0.3 is 0 Å². The summed E-state index contributed by atoms with van der Waals surface area (Å²) in [6, 6.07) is 4.23. The molecule has 0 saturated heterocycles. The molecule has 0 bridgehead atoms. The number of oxazole rings is 1. The molecule has 2 aromatic rings. The minimum absolute atomic E-state index is 0.00463. The van der Waals surface area contributed by atoms with Crippen molar-refractivity contribution in [3.63, 3.8) is 0 Å². The van der Waals surface area contributed by atoms with Crippen LogP contribution in [0.5, 0.6) is 0 Å². The fraction of sp³-hybridized carbons (Fsp3) is 0.375. The third-order valence-electron chi connectivity index (χ3n) is 3.37. The van der Waals surface area contributed by atoms with Crippen molar-refractivity contribution >= 4 is 22.6 Å². The second-order valence-electron chi connectivity index (χ2n) is 4.74. The Kier molecular flexibility index (Phi) is 4.56. The van der Waals surface area contributed by atoms with Crippen molar-refractivity contribution in [1.82, 2.24) is 10.3 Å². The molecule has 1 amide bonds. The third-order valence-corrected chi connectivity index (χ3v) is 3.37. The predicted octanol–water partition coefficient (Wildman–Crippen LogP) is 3.32. The lowest BCUT2D eigenvalue weighted by molar-refractivity contribution is -0.118. The van der Waals surface area contributed by atoms with Crippen molar-refractivity contribution < 1.29 is 9.21 Å². The van der Waals surface area contributed by atoms with Gasteiger partial charge in [0.1, 0.15) is 5.52 Å². The Morgan fingerprint density at radius 1 is 1.45 bits per heavy atom. The van der Waals surface area contributed by atoms with Crippen molar-refractivity contribution in [1.29, 1.82) is 0 Å². The smallest absolute Gasteiger partial charge is 0.216 e. The topological polar surface area (TPSA) is 55.1 Å². The summed E-state index contributed by atoms with van der Waals surface area (Å²) in [4.78, 5) is 13.9. The van der Waals surface area contributed by atoms with Gasteiger partial charge in [-0.3, -0.25) is 4.79 Å². The van der Waals surface area contributed by atoms with Gasteiger partial charge in [0, 0.05) is 19.5 Å². The van der Waals surface area contributed by atoms with Crippen LogP contribution in [0, 0.1) is 0 Å². The number of hydrogen-bond donors (Lipinski definition) is 1. The molecule has 1 aliphatic carbocycles. The number of nitrogens with zero attached hydrogens (tertiary/aromatic N) is 1. The molecule has 0 radical (unpaired) electrons. The number of rotatable bonds is 1. The highest BCUT2D eigenvalue weighted by molar-refractivity contribution is 5.91. The molecule has 4 nitrogen and oxygen atoms in total. The van der Waals surface area contributed by atoms with Crippen molar-refractivity contribution in [3.8, 4) is 0 Å². The normalized spacial score (nSPS) is 14.8. The van der Waals surface area contributed by atoms with E-state index in [1.165, 1.54) is 30.0 Å².